The fraction of sp³-hybridized carbons (Fsp3) is 0.409. The number of carbonyl (C=O) groups is 1. The number of nitriles is 1. The van der Waals surface area contributed by atoms with Gasteiger partial charge in [-0.3, -0.25) is 9.88 Å². The van der Waals surface area contributed by atoms with E-state index in [1.165, 1.54) is 19.5 Å². The Labute approximate surface area is 180 Å². The fourth-order valence-corrected chi connectivity index (χ4v) is 3.39. The number of hydrogen-bond acceptors (Lipinski definition) is 8. The number of ether oxygens (including phenoxy) is 3. The molecule has 0 aliphatic carbocycles. The van der Waals surface area contributed by atoms with Gasteiger partial charge in [-0.25, -0.2) is 9.18 Å². The van der Waals surface area contributed by atoms with Crippen molar-refractivity contribution in [1.82, 2.24) is 9.88 Å². The summed E-state index contributed by atoms with van der Waals surface area (Å²) in [5, 5.41) is 9.37. The molecule has 0 N–H and O–H groups in total. The zero-order valence-corrected chi connectivity index (χ0v) is 17.8. The minimum atomic E-state index is -0.489. The average molecular weight is 428 g/mol. The number of carbonyl (C=O) groups excluding carboxylic acids is 1. The van der Waals surface area contributed by atoms with Crippen LogP contribution >= 0.6 is 0 Å². The lowest BCUT2D eigenvalue weighted by Gasteiger charge is -2.33. The molecule has 1 aliphatic rings. The predicted octanol–water partition coefficient (Wildman–Crippen LogP) is 2.22. The minimum absolute atomic E-state index is 0.0497. The Balaban J connectivity index is 1.62. The Morgan fingerprint density at radius 1 is 1.42 bits per heavy atom. The third-order valence-electron chi connectivity index (χ3n) is 4.98. The van der Waals surface area contributed by atoms with Gasteiger partial charge in [-0.15, -0.1) is 0 Å². The maximum Gasteiger partial charge on any atom is 0.339 e. The van der Waals surface area contributed by atoms with Gasteiger partial charge in [-0.2, -0.15) is 5.26 Å². The number of anilines is 1. The number of esters is 1. The molecular formula is C22H25FN4O4. The van der Waals surface area contributed by atoms with E-state index >= 15 is 0 Å². The number of morpholine rings is 1. The molecule has 1 saturated heterocycles. The van der Waals surface area contributed by atoms with Gasteiger partial charge in [-0.05, 0) is 12.1 Å². The first kappa shape index (κ1) is 22.5. The van der Waals surface area contributed by atoms with Gasteiger partial charge in [0.05, 0.1) is 31.2 Å². The van der Waals surface area contributed by atoms with Crippen LogP contribution in [0.25, 0.3) is 0 Å². The van der Waals surface area contributed by atoms with E-state index in [0.717, 1.165) is 0 Å². The van der Waals surface area contributed by atoms with Crippen LogP contribution in [0.4, 0.5) is 10.1 Å². The Morgan fingerprint density at radius 3 is 2.94 bits per heavy atom. The molecule has 1 aliphatic heterocycles. The van der Waals surface area contributed by atoms with Crippen LogP contribution in [0.1, 0.15) is 21.5 Å². The average Bonchev–Trinajstić information content (AvgIpc) is 2.78. The molecule has 2 heterocycles. The highest BCUT2D eigenvalue weighted by Crippen LogP contribution is 2.25. The minimum Gasteiger partial charge on any atom is -0.489 e. The third kappa shape index (κ3) is 5.48. The number of rotatable bonds is 7. The first-order valence-corrected chi connectivity index (χ1v) is 9.81. The summed E-state index contributed by atoms with van der Waals surface area (Å²) in [4.78, 5) is 19.4. The topological polar surface area (TPSA) is 87.9 Å². The third-order valence-corrected chi connectivity index (χ3v) is 4.98. The van der Waals surface area contributed by atoms with Crippen LogP contribution in [0.15, 0.2) is 30.6 Å². The molecular weight excluding hydrogens is 403 g/mol. The maximum atomic E-state index is 14.9. The first-order valence-electron chi connectivity index (χ1n) is 9.81. The number of pyridine rings is 1. The second-order valence-corrected chi connectivity index (χ2v) is 7.38. The van der Waals surface area contributed by atoms with Crippen LogP contribution in [0.2, 0.25) is 0 Å². The van der Waals surface area contributed by atoms with Gasteiger partial charge < -0.3 is 19.1 Å². The van der Waals surface area contributed by atoms with Crippen molar-refractivity contribution in [3.8, 4) is 11.8 Å². The highest BCUT2D eigenvalue weighted by molar-refractivity contribution is 5.89. The van der Waals surface area contributed by atoms with Gasteiger partial charge in [0.25, 0.3) is 0 Å². The zero-order chi connectivity index (χ0) is 22.4. The summed E-state index contributed by atoms with van der Waals surface area (Å²) in [6.45, 7) is 2.30. The number of halogens is 1. The molecule has 0 radical (unpaired) electrons. The highest BCUT2D eigenvalue weighted by Gasteiger charge is 2.23. The smallest absolute Gasteiger partial charge is 0.339 e. The lowest BCUT2D eigenvalue weighted by molar-refractivity contribution is -0.0507. The molecule has 0 saturated carbocycles. The molecule has 3 rings (SSSR count). The van der Waals surface area contributed by atoms with Crippen molar-refractivity contribution in [3.63, 3.8) is 0 Å². The number of hydrogen-bond donors (Lipinski definition) is 0. The van der Waals surface area contributed by atoms with Gasteiger partial charge in [0, 0.05) is 45.5 Å². The van der Waals surface area contributed by atoms with Gasteiger partial charge in [0.15, 0.2) is 0 Å². The quantitative estimate of drug-likeness (QED) is 0.621. The predicted molar refractivity (Wildman–Crippen MR) is 112 cm³/mol. The standard InChI is InChI=1S/C22H25FN4O4/c1-26(2)20-5-4-15(21(23)19(20)9-24)12-27-6-7-30-18(13-27)14-31-17-8-16(10-25-11-17)22(28)29-3/h4-5,8,10-11,18H,6-7,12-14H2,1-3H3. The number of benzene rings is 1. The van der Waals surface area contributed by atoms with E-state index in [4.69, 9.17) is 9.47 Å². The van der Waals surface area contributed by atoms with E-state index < -0.39 is 11.8 Å². The second-order valence-electron chi connectivity index (χ2n) is 7.38. The van der Waals surface area contributed by atoms with Crippen LogP contribution in [0.3, 0.4) is 0 Å². The Morgan fingerprint density at radius 2 is 2.23 bits per heavy atom. The van der Waals surface area contributed by atoms with Crippen molar-refractivity contribution in [2.45, 2.75) is 12.6 Å². The van der Waals surface area contributed by atoms with Crippen LogP contribution in [0, 0.1) is 17.1 Å². The second kappa shape index (κ2) is 10.2. The van der Waals surface area contributed by atoms with Crippen LogP contribution in [-0.2, 0) is 16.0 Å². The molecule has 1 aromatic heterocycles. The molecule has 0 amide bonds. The molecule has 2 aromatic rings. The van der Waals surface area contributed by atoms with E-state index in [9.17, 15) is 14.4 Å². The van der Waals surface area contributed by atoms with Crippen molar-refractivity contribution in [1.29, 1.82) is 5.26 Å². The van der Waals surface area contributed by atoms with E-state index in [1.54, 1.807) is 37.2 Å². The summed E-state index contributed by atoms with van der Waals surface area (Å²) in [6.07, 6.45) is 2.69. The summed E-state index contributed by atoms with van der Waals surface area (Å²) < 4.78 is 31.1. The maximum absolute atomic E-state index is 14.9. The van der Waals surface area contributed by atoms with E-state index in [0.29, 0.717) is 48.8 Å². The Kier molecular flexibility index (Phi) is 7.39. The molecule has 9 heteroatoms. The fourth-order valence-electron chi connectivity index (χ4n) is 3.39. The molecule has 1 unspecified atom stereocenters. The SMILES string of the molecule is COC(=O)c1cncc(OCC2CN(Cc3ccc(N(C)C)c(C#N)c3F)CCO2)c1. The summed E-state index contributed by atoms with van der Waals surface area (Å²) in [6, 6.07) is 7.01. The summed E-state index contributed by atoms with van der Waals surface area (Å²) in [7, 11) is 4.85. The molecule has 1 aromatic carbocycles. The zero-order valence-electron chi connectivity index (χ0n) is 17.8. The van der Waals surface area contributed by atoms with Crippen molar-refractivity contribution in [2.75, 3.05) is 52.4 Å². The molecule has 8 nitrogen and oxygen atoms in total. The lowest BCUT2D eigenvalue weighted by atomic mass is 10.1. The monoisotopic (exact) mass is 428 g/mol. The molecule has 164 valence electrons. The molecule has 31 heavy (non-hydrogen) atoms. The Bertz CT molecular complexity index is 976. The van der Waals surface area contributed by atoms with Crippen LogP contribution < -0.4 is 9.64 Å². The van der Waals surface area contributed by atoms with Crippen molar-refractivity contribution in [3.05, 3.63) is 53.1 Å². The summed E-state index contributed by atoms with van der Waals surface area (Å²) >= 11 is 0. The summed E-state index contributed by atoms with van der Waals surface area (Å²) in [5.74, 6) is -0.539. The van der Waals surface area contributed by atoms with E-state index in [1.807, 2.05) is 6.07 Å². The highest BCUT2D eigenvalue weighted by atomic mass is 19.1. The lowest BCUT2D eigenvalue weighted by Crippen LogP contribution is -2.44. The Hall–Kier alpha value is -3.22. The number of nitrogens with zero attached hydrogens (tertiary/aromatic N) is 4. The van der Waals surface area contributed by atoms with Crippen LogP contribution in [-0.4, -0.2) is 69.5 Å². The first-order chi connectivity index (χ1) is 14.9. The molecule has 1 fully saturated rings. The van der Waals surface area contributed by atoms with Gasteiger partial charge in [0.1, 0.15) is 35.9 Å². The number of aromatic nitrogens is 1. The van der Waals surface area contributed by atoms with Gasteiger partial charge in [-0.1, -0.05) is 6.07 Å². The number of methoxy groups -OCH3 is 1. The van der Waals surface area contributed by atoms with Gasteiger partial charge in [0.2, 0.25) is 0 Å². The van der Waals surface area contributed by atoms with E-state index in [-0.39, 0.29) is 18.3 Å². The van der Waals surface area contributed by atoms with Gasteiger partial charge >= 0.3 is 5.97 Å². The molecule has 0 spiro atoms. The van der Waals surface area contributed by atoms with Crippen molar-refractivity contribution >= 4 is 11.7 Å². The normalized spacial score (nSPS) is 16.4. The van der Waals surface area contributed by atoms with Crippen molar-refractivity contribution in [2.24, 2.45) is 0 Å². The largest absolute Gasteiger partial charge is 0.489 e. The van der Waals surface area contributed by atoms with Crippen molar-refractivity contribution < 1.29 is 23.4 Å². The van der Waals surface area contributed by atoms with Crippen LogP contribution in [0.5, 0.6) is 5.75 Å². The molecule has 1 atom stereocenters. The van der Waals surface area contributed by atoms with E-state index in [2.05, 4.69) is 14.6 Å². The summed E-state index contributed by atoms with van der Waals surface area (Å²) in [5.41, 5.74) is 1.38. The molecule has 0 bridgehead atoms.